The van der Waals surface area contributed by atoms with E-state index < -0.39 is 12.0 Å². The van der Waals surface area contributed by atoms with Crippen molar-refractivity contribution < 1.29 is 9.90 Å². The van der Waals surface area contributed by atoms with Crippen LogP contribution in [0, 0.1) is 0 Å². The first kappa shape index (κ1) is 12.8. The smallest absolute Gasteiger partial charge is 0.320 e. The molecule has 106 valence electrons. The first-order valence-electron chi connectivity index (χ1n) is 6.52. The van der Waals surface area contributed by atoms with Crippen LogP contribution in [0.1, 0.15) is 6.92 Å². The van der Waals surface area contributed by atoms with E-state index in [4.69, 9.17) is 5.11 Å². The van der Waals surface area contributed by atoms with Gasteiger partial charge in [-0.1, -0.05) is 0 Å². The van der Waals surface area contributed by atoms with Gasteiger partial charge in [-0.25, -0.2) is 15.0 Å². The van der Waals surface area contributed by atoms with Gasteiger partial charge < -0.3 is 15.0 Å². The molecule has 1 saturated heterocycles. The zero-order chi connectivity index (χ0) is 14.1. The van der Waals surface area contributed by atoms with Crippen molar-refractivity contribution in [2.24, 2.45) is 0 Å². The molecule has 0 bridgehead atoms. The number of piperazine rings is 1. The van der Waals surface area contributed by atoms with Crippen LogP contribution >= 0.6 is 0 Å². The van der Waals surface area contributed by atoms with Crippen LogP contribution in [0.4, 0.5) is 5.82 Å². The fraction of sp³-hybridized carbons (Fsp3) is 0.500. The number of nitrogens with zero attached hydrogens (tertiary/aromatic N) is 5. The highest BCUT2D eigenvalue weighted by Crippen LogP contribution is 2.21. The van der Waals surface area contributed by atoms with Gasteiger partial charge in [-0.3, -0.25) is 9.69 Å². The topological polar surface area (TPSA) is 98.2 Å². The summed E-state index contributed by atoms with van der Waals surface area (Å²) in [6.45, 7) is 4.60. The Labute approximate surface area is 115 Å². The van der Waals surface area contributed by atoms with Gasteiger partial charge in [-0.05, 0) is 6.92 Å². The van der Waals surface area contributed by atoms with Crippen LogP contribution in [0.5, 0.6) is 0 Å². The third kappa shape index (κ3) is 2.18. The molecule has 0 radical (unpaired) electrons. The van der Waals surface area contributed by atoms with Gasteiger partial charge in [0, 0.05) is 26.2 Å². The molecule has 0 amide bonds. The summed E-state index contributed by atoms with van der Waals surface area (Å²) in [5.74, 6) is 0.0478. The fourth-order valence-corrected chi connectivity index (χ4v) is 2.47. The summed E-state index contributed by atoms with van der Waals surface area (Å²) in [5.41, 5.74) is 1.48. The molecule has 8 nitrogen and oxygen atoms in total. The molecule has 3 rings (SSSR count). The second-order valence-electron chi connectivity index (χ2n) is 4.84. The van der Waals surface area contributed by atoms with Gasteiger partial charge in [0.25, 0.3) is 0 Å². The largest absolute Gasteiger partial charge is 0.480 e. The maximum Gasteiger partial charge on any atom is 0.320 e. The molecule has 2 aromatic rings. The lowest BCUT2D eigenvalue weighted by Crippen LogP contribution is -2.52. The number of hydrogen-bond acceptors (Lipinski definition) is 6. The summed E-state index contributed by atoms with van der Waals surface area (Å²) in [6, 6.07) is -0.449. The minimum absolute atomic E-state index is 0.449. The molecule has 2 aromatic heterocycles. The number of aromatic amines is 1. The quantitative estimate of drug-likeness (QED) is 0.810. The summed E-state index contributed by atoms with van der Waals surface area (Å²) in [4.78, 5) is 30.7. The lowest BCUT2D eigenvalue weighted by atomic mass is 10.2. The number of aromatic nitrogens is 4. The van der Waals surface area contributed by atoms with Crippen molar-refractivity contribution >= 4 is 23.0 Å². The summed E-state index contributed by atoms with van der Waals surface area (Å²) < 4.78 is 0. The van der Waals surface area contributed by atoms with Crippen molar-refractivity contribution in [3.63, 3.8) is 0 Å². The number of imidazole rings is 1. The van der Waals surface area contributed by atoms with Crippen LogP contribution < -0.4 is 4.90 Å². The molecule has 3 heterocycles. The Morgan fingerprint density at radius 3 is 2.75 bits per heavy atom. The standard InChI is InChI=1S/C12H16N6O2/c1-8(12(19)20)17-2-4-18(5-3-17)11-9-10(14-6-13-9)15-7-16-11/h6-8H,2-5H2,1H3,(H,19,20)(H,13,14,15,16). The number of fused-ring (bicyclic) bond motifs is 1. The Kier molecular flexibility index (Phi) is 3.23. The number of rotatable bonds is 3. The van der Waals surface area contributed by atoms with Crippen LogP contribution in [0.15, 0.2) is 12.7 Å². The molecule has 0 saturated carbocycles. The summed E-state index contributed by atoms with van der Waals surface area (Å²) >= 11 is 0. The van der Waals surface area contributed by atoms with Crippen molar-refractivity contribution in [1.29, 1.82) is 0 Å². The number of carbonyl (C=O) groups is 1. The van der Waals surface area contributed by atoms with Crippen molar-refractivity contribution in [2.75, 3.05) is 31.1 Å². The Morgan fingerprint density at radius 1 is 1.30 bits per heavy atom. The minimum atomic E-state index is -0.781. The van der Waals surface area contributed by atoms with Crippen molar-refractivity contribution in [3.05, 3.63) is 12.7 Å². The van der Waals surface area contributed by atoms with E-state index in [1.54, 1.807) is 13.3 Å². The summed E-state index contributed by atoms with van der Waals surface area (Å²) in [6.07, 6.45) is 3.11. The maximum atomic E-state index is 11.0. The first-order chi connectivity index (χ1) is 9.66. The summed E-state index contributed by atoms with van der Waals surface area (Å²) in [5, 5.41) is 9.04. The SMILES string of the molecule is CC(C(=O)O)N1CCN(c2ncnc3nc[nH]c23)CC1. The van der Waals surface area contributed by atoms with Crippen LogP contribution in [-0.4, -0.2) is 68.1 Å². The number of anilines is 1. The highest BCUT2D eigenvalue weighted by molar-refractivity contribution is 5.82. The molecule has 0 aliphatic carbocycles. The minimum Gasteiger partial charge on any atom is -0.480 e. The van der Waals surface area contributed by atoms with Gasteiger partial charge in [-0.15, -0.1) is 0 Å². The van der Waals surface area contributed by atoms with Crippen LogP contribution in [0.3, 0.4) is 0 Å². The molecule has 20 heavy (non-hydrogen) atoms. The average molecular weight is 276 g/mol. The van der Waals surface area contributed by atoms with E-state index in [2.05, 4.69) is 24.8 Å². The van der Waals surface area contributed by atoms with E-state index in [0.717, 1.165) is 24.4 Å². The van der Waals surface area contributed by atoms with E-state index in [9.17, 15) is 4.79 Å². The number of carboxylic acid groups (broad SMARTS) is 1. The molecule has 1 aliphatic rings. The van der Waals surface area contributed by atoms with Gasteiger partial charge in [0.1, 0.15) is 17.9 Å². The zero-order valence-corrected chi connectivity index (χ0v) is 11.2. The molecule has 2 N–H and O–H groups in total. The van der Waals surface area contributed by atoms with Gasteiger partial charge in [-0.2, -0.15) is 0 Å². The molecule has 1 aliphatic heterocycles. The molecule has 0 spiro atoms. The second-order valence-corrected chi connectivity index (χ2v) is 4.84. The molecule has 8 heteroatoms. The van der Waals surface area contributed by atoms with Crippen molar-refractivity contribution in [3.8, 4) is 0 Å². The van der Waals surface area contributed by atoms with E-state index in [1.165, 1.54) is 6.33 Å². The molecule has 1 fully saturated rings. The highest BCUT2D eigenvalue weighted by Gasteiger charge is 2.26. The van der Waals surface area contributed by atoms with E-state index in [0.29, 0.717) is 18.7 Å². The van der Waals surface area contributed by atoms with E-state index in [-0.39, 0.29) is 0 Å². The predicted octanol–water partition coefficient (Wildman–Crippen LogP) is -0.0520. The van der Waals surface area contributed by atoms with E-state index >= 15 is 0 Å². The normalized spacial score (nSPS) is 18.4. The number of hydrogen-bond donors (Lipinski definition) is 2. The average Bonchev–Trinajstić information content (AvgIpc) is 2.95. The monoisotopic (exact) mass is 276 g/mol. The number of carboxylic acids is 1. The van der Waals surface area contributed by atoms with Gasteiger partial charge in [0.05, 0.1) is 6.33 Å². The molecule has 1 unspecified atom stereocenters. The lowest BCUT2D eigenvalue weighted by molar-refractivity contribution is -0.142. The van der Waals surface area contributed by atoms with Crippen molar-refractivity contribution in [2.45, 2.75) is 13.0 Å². The zero-order valence-electron chi connectivity index (χ0n) is 11.2. The highest BCUT2D eigenvalue weighted by atomic mass is 16.4. The fourth-order valence-electron chi connectivity index (χ4n) is 2.47. The number of nitrogens with one attached hydrogen (secondary N) is 1. The maximum absolute atomic E-state index is 11.0. The van der Waals surface area contributed by atoms with Crippen LogP contribution in [-0.2, 0) is 4.79 Å². The van der Waals surface area contributed by atoms with Gasteiger partial charge in [0.15, 0.2) is 11.5 Å². The Bertz CT molecular complexity index is 619. The Balaban J connectivity index is 1.75. The number of H-pyrrole nitrogens is 1. The first-order valence-corrected chi connectivity index (χ1v) is 6.52. The molecule has 0 aromatic carbocycles. The molecular formula is C12H16N6O2. The molecule has 1 atom stereocenters. The van der Waals surface area contributed by atoms with Gasteiger partial charge in [0.2, 0.25) is 0 Å². The van der Waals surface area contributed by atoms with Crippen molar-refractivity contribution in [1.82, 2.24) is 24.8 Å². The van der Waals surface area contributed by atoms with Crippen LogP contribution in [0.25, 0.3) is 11.2 Å². The van der Waals surface area contributed by atoms with Crippen LogP contribution in [0.2, 0.25) is 0 Å². The molecular weight excluding hydrogens is 260 g/mol. The third-order valence-corrected chi connectivity index (χ3v) is 3.72. The number of aliphatic carboxylic acids is 1. The Hall–Kier alpha value is -2.22. The van der Waals surface area contributed by atoms with E-state index in [1.807, 2.05) is 4.90 Å². The summed E-state index contributed by atoms with van der Waals surface area (Å²) in [7, 11) is 0. The second kappa shape index (κ2) is 5.04. The lowest BCUT2D eigenvalue weighted by Gasteiger charge is -2.37. The van der Waals surface area contributed by atoms with Gasteiger partial charge >= 0.3 is 5.97 Å². The Morgan fingerprint density at radius 2 is 2.05 bits per heavy atom. The predicted molar refractivity (Wildman–Crippen MR) is 72.6 cm³/mol. The third-order valence-electron chi connectivity index (χ3n) is 3.72.